The summed E-state index contributed by atoms with van der Waals surface area (Å²) in [5.41, 5.74) is 1.04. The molecule has 1 heterocycles. The molecule has 1 fully saturated rings. The molecule has 8 heteroatoms. The first-order chi connectivity index (χ1) is 13.8. The molecule has 8 nitrogen and oxygen atoms in total. The van der Waals surface area contributed by atoms with Crippen LogP contribution >= 0.6 is 0 Å². The zero-order valence-electron chi connectivity index (χ0n) is 16.2. The largest absolute Gasteiger partial charge is 0.461 e. The van der Waals surface area contributed by atoms with Gasteiger partial charge in [0.2, 0.25) is 0 Å². The Balaban J connectivity index is 2.43. The zero-order valence-corrected chi connectivity index (χ0v) is 16.2. The molecule has 2 rings (SSSR count). The number of esters is 3. The molecule has 0 saturated carbocycles. The topological polar surface area (TPSA) is 116 Å². The Bertz CT molecular complexity index is 789. The summed E-state index contributed by atoms with van der Waals surface area (Å²) in [6, 6.07) is 0. The number of rotatable bonds is 6. The lowest BCUT2D eigenvalue weighted by Gasteiger charge is -2.28. The lowest BCUT2D eigenvalue weighted by atomic mass is 9.85. The van der Waals surface area contributed by atoms with E-state index in [0.717, 1.165) is 0 Å². The number of ether oxygens (including phenoxy) is 3. The Morgan fingerprint density at radius 2 is 2.14 bits per heavy atom. The summed E-state index contributed by atoms with van der Waals surface area (Å²) in [5.74, 6) is -2.69. The van der Waals surface area contributed by atoms with E-state index in [1.807, 2.05) is 6.08 Å². The average Bonchev–Trinajstić information content (AvgIpc) is 2.96. The van der Waals surface area contributed by atoms with E-state index in [2.05, 4.69) is 13.2 Å². The maximum absolute atomic E-state index is 12.3. The first-order valence-electron chi connectivity index (χ1n) is 9.13. The molecular formula is C21H24O8. The summed E-state index contributed by atoms with van der Waals surface area (Å²) < 4.78 is 15.9. The normalized spacial score (nSPS) is 28.0. The number of fused-ring (bicyclic) bond motifs is 1. The quantitative estimate of drug-likeness (QED) is 0.232. The molecule has 0 spiro atoms. The summed E-state index contributed by atoms with van der Waals surface area (Å²) in [4.78, 5) is 47.0. The maximum atomic E-state index is 12.3. The molecule has 0 amide bonds. The van der Waals surface area contributed by atoms with E-state index in [0.29, 0.717) is 30.3 Å². The van der Waals surface area contributed by atoms with Crippen LogP contribution in [-0.2, 0) is 33.4 Å². The minimum atomic E-state index is -0.904. The summed E-state index contributed by atoms with van der Waals surface area (Å²) >= 11 is 0. The van der Waals surface area contributed by atoms with Crippen molar-refractivity contribution in [2.24, 2.45) is 5.92 Å². The predicted molar refractivity (Wildman–Crippen MR) is 101 cm³/mol. The third-order valence-corrected chi connectivity index (χ3v) is 4.72. The van der Waals surface area contributed by atoms with Gasteiger partial charge in [0.05, 0.1) is 18.1 Å². The zero-order chi connectivity index (χ0) is 21.6. The molecule has 1 N–H and O–H groups in total. The molecular weight excluding hydrogens is 380 g/mol. The van der Waals surface area contributed by atoms with Gasteiger partial charge >= 0.3 is 17.9 Å². The summed E-state index contributed by atoms with van der Waals surface area (Å²) in [5, 5.41) is 9.15. The van der Waals surface area contributed by atoms with E-state index >= 15 is 0 Å². The summed E-state index contributed by atoms with van der Waals surface area (Å²) in [6.07, 6.45) is 3.34. The lowest BCUT2D eigenvalue weighted by molar-refractivity contribution is -0.148. The van der Waals surface area contributed by atoms with Crippen LogP contribution in [0.15, 0.2) is 47.6 Å². The highest BCUT2D eigenvalue weighted by Crippen LogP contribution is 2.36. The number of carbonyl (C=O) groups is 4. The van der Waals surface area contributed by atoms with Crippen molar-refractivity contribution >= 4 is 24.2 Å². The number of hydrogen-bond acceptors (Lipinski definition) is 8. The molecule has 1 aliphatic heterocycles. The van der Waals surface area contributed by atoms with E-state index in [1.165, 1.54) is 6.92 Å². The monoisotopic (exact) mass is 404 g/mol. The molecule has 0 bridgehead atoms. The predicted octanol–water partition coefficient (Wildman–Crippen LogP) is 1.34. The Morgan fingerprint density at radius 1 is 1.41 bits per heavy atom. The fourth-order valence-corrected chi connectivity index (χ4v) is 3.20. The first-order valence-corrected chi connectivity index (χ1v) is 9.13. The molecule has 156 valence electrons. The van der Waals surface area contributed by atoms with Crippen molar-refractivity contribution < 1.29 is 38.5 Å². The SMILES string of the molecule is C=C(CO)C(=O)O[C@H]1C/C(COC(C)=O)=C\CC/C(C=O)=C\[C@H]2OC(=O)C(=C)[C@H]12. The number of aliphatic hydroxyl groups is 1. The minimum absolute atomic E-state index is 0.0247. The molecule has 0 aromatic rings. The number of allylic oxidation sites excluding steroid dienone is 2. The highest BCUT2D eigenvalue weighted by Gasteiger charge is 2.44. The van der Waals surface area contributed by atoms with Crippen LogP contribution in [0.4, 0.5) is 0 Å². The average molecular weight is 404 g/mol. The van der Waals surface area contributed by atoms with Crippen LogP contribution in [0.3, 0.4) is 0 Å². The molecule has 0 radical (unpaired) electrons. The second-order valence-electron chi connectivity index (χ2n) is 6.87. The van der Waals surface area contributed by atoms with Crippen molar-refractivity contribution in [2.45, 2.75) is 38.4 Å². The van der Waals surface area contributed by atoms with Gasteiger partial charge in [0, 0.05) is 18.9 Å². The van der Waals surface area contributed by atoms with Crippen molar-refractivity contribution in [3.8, 4) is 0 Å². The molecule has 0 aromatic heterocycles. The number of aldehydes is 1. The summed E-state index contributed by atoms with van der Waals surface area (Å²) in [7, 11) is 0. The highest BCUT2D eigenvalue weighted by atomic mass is 16.6. The standard InChI is InChI=1S/C21H24O8/c1-12(9-22)20(25)28-18-8-16(11-27-14(3)24)6-4-5-15(10-23)7-17-19(18)13(2)21(26)29-17/h6-7,10,17-19,22H,1-2,4-5,8-9,11H2,3H3/b15-7+,16-6+/t17-,18+,19+/m1/s1. The van der Waals surface area contributed by atoms with Crippen LogP contribution in [0.25, 0.3) is 0 Å². The maximum Gasteiger partial charge on any atom is 0.336 e. The third-order valence-electron chi connectivity index (χ3n) is 4.72. The molecule has 0 aromatic carbocycles. The first kappa shape index (κ1) is 22.3. The van der Waals surface area contributed by atoms with Gasteiger partial charge in [-0.1, -0.05) is 19.2 Å². The van der Waals surface area contributed by atoms with Gasteiger partial charge in [0.15, 0.2) is 0 Å². The van der Waals surface area contributed by atoms with Gasteiger partial charge in [-0.15, -0.1) is 0 Å². The van der Waals surface area contributed by atoms with Crippen molar-refractivity contribution in [2.75, 3.05) is 13.2 Å². The van der Waals surface area contributed by atoms with Gasteiger partial charge in [-0.05, 0) is 30.1 Å². The van der Waals surface area contributed by atoms with Gasteiger partial charge in [-0.2, -0.15) is 0 Å². The van der Waals surface area contributed by atoms with Crippen LogP contribution in [0, 0.1) is 5.92 Å². The number of aliphatic hydroxyl groups excluding tert-OH is 1. The van der Waals surface area contributed by atoms with Gasteiger partial charge in [-0.25, -0.2) is 9.59 Å². The van der Waals surface area contributed by atoms with Crippen LogP contribution < -0.4 is 0 Å². The van der Waals surface area contributed by atoms with Crippen molar-refractivity contribution in [1.82, 2.24) is 0 Å². The molecule has 3 atom stereocenters. The van der Waals surface area contributed by atoms with E-state index in [-0.39, 0.29) is 24.2 Å². The number of hydrogen-bond donors (Lipinski definition) is 1. The van der Waals surface area contributed by atoms with Crippen molar-refractivity contribution in [3.63, 3.8) is 0 Å². The van der Waals surface area contributed by atoms with Gasteiger partial charge in [0.1, 0.15) is 25.1 Å². The fraction of sp³-hybridized carbons (Fsp3) is 0.429. The molecule has 29 heavy (non-hydrogen) atoms. The molecule has 0 unspecified atom stereocenters. The van der Waals surface area contributed by atoms with Gasteiger partial charge < -0.3 is 19.3 Å². The molecule has 1 aliphatic carbocycles. The van der Waals surface area contributed by atoms with Crippen LogP contribution in [0.2, 0.25) is 0 Å². The third kappa shape index (κ3) is 5.74. The molecule has 2 aliphatic rings. The van der Waals surface area contributed by atoms with E-state index in [9.17, 15) is 19.2 Å². The minimum Gasteiger partial charge on any atom is -0.461 e. The van der Waals surface area contributed by atoms with E-state index < -0.39 is 42.6 Å². The molecule has 1 saturated heterocycles. The summed E-state index contributed by atoms with van der Waals surface area (Å²) in [6.45, 7) is 7.88. The number of carbonyl (C=O) groups excluding carboxylic acids is 4. The lowest BCUT2D eigenvalue weighted by Crippen LogP contribution is -2.34. The Hall–Kier alpha value is -3.00. The van der Waals surface area contributed by atoms with Crippen LogP contribution in [-0.4, -0.2) is 54.7 Å². The Kier molecular flexibility index (Phi) is 7.67. The fourth-order valence-electron chi connectivity index (χ4n) is 3.20. The van der Waals surface area contributed by atoms with Gasteiger partial charge in [-0.3, -0.25) is 9.59 Å². The second-order valence-corrected chi connectivity index (χ2v) is 6.87. The van der Waals surface area contributed by atoms with Crippen LogP contribution in [0.5, 0.6) is 0 Å². The highest BCUT2D eigenvalue weighted by molar-refractivity contribution is 5.92. The van der Waals surface area contributed by atoms with E-state index in [4.69, 9.17) is 19.3 Å². The van der Waals surface area contributed by atoms with E-state index in [1.54, 1.807) is 6.08 Å². The second kappa shape index (κ2) is 9.97. The smallest absolute Gasteiger partial charge is 0.336 e. The Labute approximate surface area is 168 Å². The van der Waals surface area contributed by atoms with Crippen molar-refractivity contribution in [1.29, 1.82) is 0 Å². The van der Waals surface area contributed by atoms with Crippen molar-refractivity contribution in [3.05, 3.63) is 47.6 Å². The van der Waals surface area contributed by atoms with Gasteiger partial charge in [0.25, 0.3) is 0 Å². The Morgan fingerprint density at radius 3 is 2.76 bits per heavy atom. The van der Waals surface area contributed by atoms with Crippen LogP contribution in [0.1, 0.15) is 26.2 Å².